The zero-order chi connectivity index (χ0) is 19.2. The number of hydrogen-bond donors (Lipinski definition) is 5. The van der Waals surface area contributed by atoms with Crippen molar-refractivity contribution in [3.05, 3.63) is 34.3 Å². The van der Waals surface area contributed by atoms with Crippen molar-refractivity contribution in [2.24, 2.45) is 5.73 Å². The average Bonchev–Trinajstić information content (AvgIpc) is 2.97. The topological polar surface area (TPSA) is 165 Å². The molecule has 136 valence electrons. The van der Waals surface area contributed by atoms with E-state index < -0.39 is 29.7 Å². The number of aliphatic carboxylic acids is 2. The second-order valence-corrected chi connectivity index (χ2v) is 6.74. The highest BCUT2D eigenvalue weighted by Gasteiger charge is 2.36. The Morgan fingerprint density at radius 3 is 2.04 bits per heavy atom. The highest BCUT2D eigenvalue weighted by molar-refractivity contribution is 9.10. The van der Waals surface area contributed by atoms with Crippen LogP contribution in [0.3, 0.4) is 0 Å². The van der Waals surface area contributed by atoms with Crippen LogP contribution < -0.4 is 5.73 Å². The Labute approximate surface area is 152 Å². The number of aliphatic hydroxyl groups is 2. The summed E-state index contributed by atoms with van der Waals surface area (Å²) in [7, 11) is 0. The van der Waals surface area contributed by atoms with E-state index in [-0.39, 0.29) is 0 Å². The molecular formula is C16H19BrN2O6. The molecule has 0 amide bonds. The van der Waals surface area contributed by atoms with Crippen LogP contribution in [0.2, 0.25) is 0 Å². The second-order valence-electron chi connectivity index (χ2n) is 5.83. The van der Waals surface area contributed by atoms with Gasteiger partial charge in [-0.15, -0.1) is 0 Å². The first-order valence-electron chi connectivity index (χ1n) is 7.37. The maximum Gasteiger partial charge on any atom is 0.335 e. The molecule has 9 heteroatoms. The first kappa shape index (κ1) is 21.1. The van der Waals surface area contributed by atoms with E-state index in [1.54, 1.807) is 0 Å². The lowest BCUT2D eigenvalue weighted by atomic mass is 9.94. The molecule has 0 bridgehead atoms. The molecule has 0 aliphatic heterocycles. The van der Waals surface area contributed by atoms with E-state index >= 15 is 0 Å². The number of aliphatic hydroxyl groups excluding tert-OH is 2. The van der Waals surface area contributed by atoms with Crippen LogP contribution in [0.25, 0.3) is 0 Å². The zero-order valence-electron chi connectivity index (χ0n) is 13.2. The molecule has 0 heterocycles. The molecule has 0 unspecified atom stereocenters. The number of rotatable bonds is 4. The third-order valence-electron chi connectivity index (χ3n) is 3.92. The van der Waals surface area contributed by atoms with E-state index in [2.05, 4.69) is 34.1 Å². The summed E-state index contributed by atoms with van der Waals surface area (Å²) in [6.45, 7) is 0. The maximum absolute atomic E-state index is 9.77. The Hall–Kier alpha value is -1.99. The molecule has 2 rings (SSSR count). The molecular weight excluding hydrogens is 396 g/mol. The number of nitrogens with zero attached hydrogens (tertiary/aromatic N) is 1. The van der Waals surface area contributed by atoms with Crippen LogP contribution in [-0.4, -0.2) is 50.1 Å². The molecule has 1 saturated carbocycles. The lowest BCUT2D eigenvalue weighted by Crippen LogP contribution is -2.39. The largest absolute Gasteiger partial charge is 0.479 e. The minimum atomic E-state index is -2.27. The molecule has 0 saturated heterocycles. The van der Waals surface area contributed by atoms with Crippen molar-refractivity contribution in [1.29, 1.82) is 5.26 Å². The molecule has 0 aromatic heterocycles. The van der Waals surface area contributed by atoms with E-state index in [9.17, 15) is 9.59 Å². The van der Waals surface area contributed by atoms with Crippen LogP contribution in [-0.2, 0) is 9.59 Å². The van der Waals surface area contributed by atoms with Gasteiger partial charge in [-0.3, -0.25) is 0 Å². The number of nitrogens with two attached hydrogens (primary N) is 1. The quantitative estimate of drug-likeness (QED) is 0.482. The van der Waals surface area contributed by atoms with Crippen molar-refractivity contribution in [2.75, 3.05) is 0 Å². The fourth-order valence-corrected chi connectivity index (χ4v) is 2.73. The first-order valence-corrected chi connectivity index (χ1v) is 8.16. The number of carboxylic acids is 2. The van der Waals surface area contributed by atoms with Crippen LogP contribution in [0, 0.1) is 11.3 Å². The third-order valence-corrected chi connectivity index (χ3v) is 4.45. The molecule has 1 aliphatic carbocycles. The van der Waals surface area contributed by atoms with Gasteiger partial charge >= 0.3 is 11.9 Å². The summed E-state index contributed by atoms with van der Waals surface area (Å²) in [4.78, 5) is 19.5. The standard InChI is InChI=1S/C12H13BrN2.C4H6O6/c13-11-3-1-9(2-4-11)10-5-6-12(15,7-10)8-14;5-1(3(7)8)2(6)4(9)10/h1-4,10H,5-7,15H2;1-2,5-6H,(H,7,8)(H,9,10)/t10-,12-;1-,2-/m11/s1. The Morgan fingerprint density at radius 2 is 1.68 bits per heavy atom. The van der Waals surface area contributed by atoms with E-state index in [0.29, 0.717) is 5.92 Å². The fourth-order valence-electron chi connectivity index (χ4n) is 2.47. The number of carboxylic acid groups (broad SMARTS) is 2. The van der Waals surface area contributed by atoms with E-state index in [1.807, 2.05) is 12.1 Å². The highest BCUT2D eigenvalue weighted by Crippen LogP contribution is 2.39. The summed E-state index contributed by atoms with van der Waals surface area (Å²) < 4.78 is 1.09. The Balaban J connectivity index is 0.000000275. The number of carbonyl (C=O) groups is 2. The second kappa shape index (κ2) is 8.92. The van der Waals surface area contributed by atoms with Crippen molar-refractivity contribution in [1.82, 2.24) is 0 Å². The minimum absolute atomic E-state index is 0.447. The van der Waals surface area contributed by atoms with E-state index in [0.717, 1.165) is 23.7 Å². The van der Waals surface area contributed by atoms with E-state index in [1.165, 1.54) is 5.56 Å². The summed E-state index contributed by atoms with van der Waals surface area (Å²) >= 11 is 3.41. The smallest absolute Gasteiger partial charge is 0.335 e. The summed E-state index contributed by atoms with van der Waals surface area (Å²) in [5.41, 5.74) is 6.64. The van der Waals surface area contributed by atoms with Crippen LogP contribution in [0.4, 0.5) is 0 Å². The summed E-state index contributed by atoms with van der Waals surface area (Å²) in [5.74, 6) is -3.09. The third kappa shape index (κ3) is 6.10. The van der Waals surface area contributed by atoms with Gasteiger partial charge in [-0.25, -0.2) is 9.59 Å². The van der Waals surface area contributed by atoms with Crippen LogP contribution in [0.5, 0.6) is 0 Å². The molecule has 8 nitrogen and oxygen atoms in total. The lowest BCUT2D eigenvalue weighted by molar-refractivity contribution is -0.165. The SMILES string of the molecule is N#C[C@@]1(N)CC[C@@H](c2ccc(Br)cc2)C1.O=C(O)[C@H](O)[C@@H](O)C(=O)O. The zero-order valence-corrected chi connectivity index (χ0v) is 14.8. The number of halogens is 1. The van der Waals surface area contributed by atoms with Gasteiger partial charge in [-0.2, -0.15) is 5.26 Å². The van der Waals surface area contributed by atoms with Crippen molar-refractivity contribution < 1.29 is 30.0 Å². The fraction of sp³-hybridized carbons (Fsp3) is 0.438. The van der Waals surface area contributed by atoms with Gasteiger partial charge in [0, 0.05) is 4.47 Å². The summed E-state index contributed by atoms with van der Waals surface area (Å²) in [6, 6.07) is 10.5. The van der Waals surface area contributed by atoms with Gasteiger partial charge in [-0.05, 0) is 42.9 Å². The van der Waals surface area contributed by atoms with Gasteiger partial charge < -0.3 is 26.2 Å². The molecule has 1 fully saturated rings. The number of hydrogen-bond acceptors (Lipinski definition) is 6. The van der Waals surface area contributed by atoms with Gasteiger partial charge in [0.2, 0.25) is 0 Å². The highest BCUT2D eigenvalue weighted by atomic mass is 79.9. The number of benzene rings is 1. The average molecular weight is 415 g/mol. The van der Waals surface area contributed by atoms with Crippen LogP contribution in [0.15, 0.2) is 28.7 Å². The van der Waals surface area contributed by atoms with Crippen molar-refractivity contribution >= 4 is 27.9 Å². The molecule has 1 aromatic carbocycles. The van der Waals surface area contributed by atoms with Crippen LogP contribution in [0.1, 0.15) is 30.7 Å². The van der Waals surface area contributed by atoms with Crippen LogP contribution >= 0.6 is 15.9 Å². The van der Waals surface area contributed by atoms with Crippen molar-refractivity contribution in [3.63, 3.8) is 0 Å². The summed E-state index contributed by atoms with van der Waals surface area (Å²) in [6.07, 6.45) is -1.92. The normalized spacial score (nSPS) is 24.4. The molecule has 0 radical (unpaired) electrons. The van der Waals surface area contributed by atoms with Gasteiger partial charge in [0.1, 0.15) is 5.54 Å². The predicted molar refractivity (Wildman–Crippen MR) is 90.6 cm³/mol. The monoisotopic (exact) mass is 414 g/mol. The molecule has 1 aliphatic rings. The first-order chi connectivity index (χ1) is 11.6. The Morgan fingerprint density at radius 1 is 1.20 bits per heavy atom. The lowest BCUT2D eigenvalue weighted by Gasteiger charge is -2.14. The summed E-state index contributed by atoms with van der Waals surface area (Å²) in [5, 5.41) is 41.5. The van der Waals surface area contributed by atoms with Gasteiger partial charge in [0.15, 0.2) is 12.2 Å². The van der Waals surface area contributed by atoms with E-state index in [4.69, 9.17) is 31.4 Å². The van der Waals surface area contributed by atoms with Crippen molar-refractivity contribution in [2.45, 2.75) is 42.9 Å². The Kier molecular flexibility index (Phi) is 7.51. The minimum Gasteiger partial charge on any atom is -0.479 e. The van der Waals surface area contributed by atoms with Gasteiger partial charge in [0.05, 0.1) is 6.07 Å². The molecule has 1 aromatic rings. The Bertz CT molecular complexity index is 642. The predicted octanol–water partition coefficient (Wildman–Crippen LogP) is 0.815. The van der Waals surface area contributed by atoms with Gasteiger partial charge in [-0.1, -0.05) is 28.1 Å². The molecule has 0 spiro atoms. The molecule has 6 N–H and O–H groups in total. The molecule has 25 heavy (non-hydrogen) atoms. The molecule has 4 atom stereocenters. The number of nitriles is 1. The maximum atomic E-state index is 9.77. The van der Waals surface area contributed by atoms with Crippen molar-refractivity contribution in [3.8, 4) is 6.07 Å². The van der Waals surface area contributed by atoms with Gasteiger partial charge in [0.25, 0.3) is 0 Å².